The van der Waals surface area contributed by atoms with Gasteiger partial charge in [0.2, 0.25) is 0 Å². The quantitative estimate of drug-likeness (QED) is 0.375. The Kier molecular flexibility index (Phi) is 6.42. The summed E-state index contributed by atoms with van der Waals surface area (Å²) >= 11 is 0. The topological polar surface area (TPSA) is 90.4 Å². The normalized spacial score (nSPS) is 20.9. The van der Waals surface area contributed by atoms with Gasteiger partial charge in [0.1, 0.15) is 11.5 Å². The van der Waals surface area contributed by atoms with E-state index in [-0.39, 0.29) is 17.9 Å². The number of likely N-dealkylation sites (tertiary alicyclic amines) is 1. The number of likely N-dealkylation sites (N-methyl/N-ethyl adjacent to an activating group) is 1. The number of benzene rings is 2. The number of aliphatic hydroxyl groups excluding tert-OH is 1. The maximum Gasteiger partial charge on any atom is 0.296 e. The van der Waals surface area contributed by atoms with E-state index in [2.05, 4.69) is 0 Å². The molecule has 1 saturated heterocycles. The van der Waals surface area contributed by atoms with Gasteiger partial charge in [0.05, 0.1) is 18.4 Å². The predicted octanol–water partition coefficient (Wildman–Crippen LogP) is 2.90. The Morgan fingerprint density at radius 3 is 2.46 bits per heavy atom. The van der Waals surface area contributed by atoms with Crippen molar-refractivity contribution in [2.75, 3.05) is 45.7 Å². The molecule has 8 heteroatoms. The lowest BCUT2D eigenvalue weighted by atomic mass is 9.81. The molecule has 4 rings (SSSR count). The van der Waals surface area contributed by atoms with Crippen molar-refractivity contribution in [3.05, 3.63) is 64.7 Å². The first kappa shape index (κ1) is 24.5. The molecule has 0 radical (unpaired) electrons. The van der Waals surface area contributed by atoms with E-state index in [0.29, 0.717) is 42.1 Å². The summed E-state index contributed by atoms with van der Waals surface area (Å²) in [5, 5.41) is 11.5. The third kappa shape index (κ3) is 3.60. The van der Waals surface area contributed by atoms with E-state index in [4.69, 9.17) is 4.74 Å². The number of ketones is 1. The number of hydrogen-bond acceptors (Lipinski definition) is 6. The predicted molar refractivity (Wildman–Crippen MR) is 133 cm³/mol. The highest BCUT2D eigenvalue weighted by atomic mass is 16.5. The Balaban J connectivity index is 2.00. The molecule has 1 atom stereocenters. The number of hydrogen-bond donors (Lipinski definition) is 1. The van der Waals surface area contributed by atoms with Gasteiger partial charge in [-0.25, -0.2) is 0 Å². The van der Waals surface area contributed by atoms with Crippen molar-refractivity contribution in [2.45, 2.75) is 25.8 Å². The molecule has 1 spiro atoms. The molecule has 184 valence electrons. The lowest BCUT2D eigenvalue weighted by Gasteiger charge is -2.34. The molecular weight excluding hydrogens is 446 g/mol. The summed E-state index contributed by atoms with van der Waals surface area (Å²) in [6, 6.07) is 12.2. The Morgan fingerprint density at radius 1 is 1.11 bits per heavy atom. The maximum atomic E-state index is 14.1. The Morgan fingerprint density at radius 2 is 1.83 bits per heavy atom. The molecule has 0 bridgehead atoms. The zero-order valence-corrected chi connectivity index (χ0v) is 20.8. The van der Waals surface area contributed by atoms with E-state index in [1.807, 2.05) is 45.0 Å². The molecular formula is C27H31N3O5. The Bertz CT molecular complexity index is 1240. The molecule has 35 heavy (non-hydrogen) atoms. The highest BCUT2D eigenvalue weighted by Gasteiger charge is 2.66. The van der Waals surface area contributed by atoms with Crippen LogP contribution < -0.4 is 9.64 Å². The highest BCUT2D eigenvalue weighted by molar-refractivity contribution is 6.50. The van der Waals surface area contributed by atoms with E-state index < -0.39 is 23.1 Å². The van der Waals surface area contributed by atoms with Crippen molar-refractivity contribution in [1.82, 2.24) is 9.80 Å². The lowest BCUT2D eigenvalue weighted by molar-refractivity contribution is -0.143. The maximum absolute atomic E-state index is 14.1. The molecule has 2 aliphatic heterocycles. The highest BCUT2D eigenvalue weighted by Crippen LogP contribution is 2.53. The van der Waals surface area contributed by atoms with Crippen LogP contribution in [-0.2, 0) is 19.9 Å². The van der Waals surface area contributed by atoms with Gasteiger partial charge in [-0.15, -0.1) is 0 Å². The number of methoxy groups -OCH3 is 1. The van der Waals surface area contributed by atoms with Crippen LogP contribution >= 0.6 is 0 Å². The molecule has 1 unspecified atom stereocenters. The van der Waals surface area contributed by atoms with Crippen molar-refractivity contribution in [3.63, 3.8) is 0 Å². The minimum atomic E-state index is -1.72. The van der Waals surface area contributed by atoms with Gasteiger partial charge in [-0.05, 0) is 70.7 Å². The molecule has 2 aliphatic rings. The monoisotopic (exact) mass is 477 g/mol. The lowest BCUT2D eigenvalue weighted by Crippen LogP contribution is -2.52. The minimum absolute atomic E-state index is 0.190. The van der Waals surface area contributed by atoms with Crippen LogP contribution in [0.2, 0.25) is 0 Å². The van der Waals surface area contributed by atoms with Gasteiger partial charge < -0.3 is 24.5 Å². The molecule has 0 aromatic heterocycles. The largest absolute Gasteiger partial charge is 0.507 e. The van der Waals surface area contributed by atoms with E-state index in [1.165, 1.54) is 4.90 Å². The molecule has 1 N–H and O–H groups in total. The van der Waals surface area contributed by atoms with Crippen LogP contribution in [0.4, 0.5) is 5.69 Å². The summed E-state index contributed by atoms with van der Waals surface area (Å²) in [6.07, 6.45) is 0.561. The fourth-order valence-electron chi connectivity index (χ4n) is 5.20. The molecule has 2 heterocycles. The molecule has 2 aromatic carbocycles. The van der Waals surface area contributed by atoms with Gasteiger partial charge in [-0.3, -0.25) is 14.4 Å². The van der Waals surface area contributed by atoms with Gasteiger partial charge in [0.15, 0.2) is 5.54 Å². The standard InChI is InChI=1S/C27H31N3O5/c1-6-29-20-11-8-7-10-19(20)27(26(29)34)22(23(31)18-12-13-21(35-5)17(2)16-18)24(32)25(33)30(27)15-9-14-28(3)4/h7-8,10-13,16,31H,6,9,14-15H2,1-5H3. The Labute approximate surface area is 205 Å². The molecule has 0 aliphatic carbocycles. The molecule has 8 nitrogen and oxygen atoms in total. The van der Waals surface area contributed by atoms with Crippen LogP contribution in [0.1, 0.15) is 30.0 Å². The second kappa shape index (κ2) is 9.19. The summed E-state index contributed by atoms with van der Waals surface area (Å²) in [5.74, 6) is -1.79. The third-order valence-corrected chi connectivity index (χ3v) is 6.78. The van der Waals surface area contributed by atoms with E-state index >= 15 is 0 Å². The van der Waals surface area contributed by atoms with Crippen molar-refractivity contribution in [3.8, 4) is 5.75 Å². The van der Waals surface area contributed by atoms with E-state index in [9.17, 15) is 19.5 Å². The summed E-state index contributed by atoms with van der Waals surface area (Å²) < 4.78 is 5.32. The molecule has 2 amide bonds. The number of aryl methyl sites for hydroxylation is 1. The smallest absolute Gasteiger partial charge is 0.296 e. The average Bonchev–Trinajstić information content (AvgIpc) is 3.21. The number of nitrogens with zero attached hydrogens (tertiary/aromatic N) is 3. The number of para-hydroxylation sites is 1. The van der Waals surface area contributed by atoms with Gasteiger partial charge in [-0.1, -0.05) is 18.2 Å². The van der Waals surface area contributed by atoms with Gasteiger partial charge in [0, 0.05) is 24.2 Å². The van der Waals surface area contributed by atoms with Crippen molar-refractivity contribution >= 4 is 29.0 Å². The number of fused-ring (bicyclic) bond motifs is 2. The number of ether oxygens (including phenoxy) is 1. The zero-order chi connectivity index (χ0) is 25.5. The molecule has 0 saturated carbocycles. The van der Waals surface area contributed by atoms with Gasteiger partial charge >= 0.3 is 0 Å². The number of amides is 2. The van der Waals surface area contributed by atoms with Crippen molar-refractivity contribution in [2.24, 2.45) is 0 Å². The first-order valence-corrected chi connectivity index (χ1v) is 11.7. The summed E-state index contributed by atoms with van der Waals surface area (Å²) in [6.45, 7) is 4.89. The minimum Gasteiger partial charge on any atom is -0.507 e. The Hall–Kier alpha value is -3.65. The number of rotatable bonds is 7. The third-order valence-electron chi connectivity index (χ3n) is 6.78. The van der Waals surface area contributed by atoms with E-state index in [0.717, 1.165) is 5.56 Å². The second-order valence-electron chi connectivity index (χ2n) is 9.13. The van der Waals surface area contributed by atoms with Gasteiger partial charge in [0.25, 0.3) is 17.6 Å². The molecule has 2 aromatic rings. The zero-order valence-electron chi connectivity index (χ0n) is 20.8. The first-order valence-electron chi connectivity index (χ1n) is 11.7. The average molecular weight is 478 g/mol. The number of carbonyl (C=O) groups is 3. The van der Waals surface area contributed by atoms with Crippen molar-refractivity contribution in [1.29, 1.82) is 0 Å². The summed E-state index contributed by atoms with van der Waals surface area (Å²) in [7, 11) is 5.39. The van der Waals surface area contributed by atoms with Crippen LogP contribution in [-0.4, -0.2) is 73.3 Å². The van der Waals surface area contributed by atoms with Crippen LogP contribution in [0, 0.1) is 6.92 Å². The fraction of sp³-hybridized carbons (Fsp3) is 0.370. The summed E-state index contributed by atoms with van der Waals surface area (Å²) in [4.78, 5) is 46.0. The van der Waals surface area contributed by atoms with Crippen LogP contribution in [0.5, 0.6) is 5.75 Å². The second-order valence-corrected chi connectivity index (χ2v) is 9.13. The number of anilines is 1. The fourth-order valence-corrected chi connectivity index (χ4v) is 5.20. The van der Waals surface area contributed by atoms with Crippen LogP contribution in [0.3, 0.4) is 0 Å². The molecule has 1 fully saturated rings. The van der Waals surface area contributed by atoms with Gasteiger partial charge in [-0.2, -0.15) is 0 Å². The van der Waals surface area contributed by atoms with E-state index in [1.54, 1.807) is 42.3 Å². The number of aliphatic hydroxyl groups is 1. The van der Waals surface area contributed by atoms with Crippen molar-refractivity contribution < 1.29 is 24.2 Å². The van der Waals surface area contributed by atoms with Crippen LogP contribution in [0.25, 0.3) is 5.76 Å². The first-order chi connectivity index (χ1) is 16.7. The SMILES string of the molecule is CCN1C(=O)C2(C(=C(O)c3ccc(OC)c(C)c3)C(=O)C(=O)N2CCCN(C)C)c2ccccc21. The summed E-state index contributed by atoms with van der Waals surface area (Å²) in [5.41, 5.74) is 0.350. The van der Waals surface area contributed by atoms with Crippen LogP contribution in [0.15, 0.2) is 48.0 Å². The number of carbonyl (C=O) groups excluding carboxylic acids is 3. The number of Topliss-reactive ketones (excluding diaryl/α,β-unsaturated/α-hetero) is 1.